The van der Waals surface area contributed by atoms with Crippen LogP contribution in [0.3, 0.4) is 0 Å². The Balaban J connectivity index is 1.95. The lowest BCUT2D eigenvalue weighted by Gasteiger charge is -2.44. The van der Waals surface area contributed by atoms with Crippen molar-refractivity contribution in [3.8, 4) is 0 Å². The Hall–Kier alpha value is -0.130. The van der Waals surface area contributed by atoms with Crippen LogP contribution in [0, 0.1) is 5.41 Å². The van der Waals surface area contributed by atoms with Gasteiger partial charge in [0.15, 0.2) is 0 Å². The second kappa shape index (κ2) is 6.10. The molecular weight excluding hydrogens is 260 g/mol. The maximum atomic E-state index is 12.4. The maximum absolute atomic E-state index is 12.4. The maximum Gasteiger partial charge on any atom is 0.217 e. The quantitative estimate of drug-likeness (QED) is 0.860. The van der Waals surface area contributed by atoms with Crippen LogP contribution in [0.2, 0.25) is 0 Å². The van der Waals surface area contributed by atoms with Gasteiger partial charge in [-0.05, 0) is 45.1 Å². The molecule has 19 heavy (non-hydrogen) atoms. The van der Waals surface area contributed by atoms with Crippen LogP contribution < -0.4 is 5.32 Å². The van der Waals surface area contributed by atoms with E-state index in [9.17, 15) is 8.42 Å². The van der Waals surface area contributed by atoms with Gasteiger partial charge in [0, 0.05) is 19.6 Å². The summed E-state index contributed by atoms with van der Waals surface area (Å²) in [5.74, 6) is 0. The summed E-state index contributed by atoms with van der Waals surface area (Å²) in [5, 5.41) is 2.64. The Kier molecular flexibility index (Phi) is 4.90. The molecule has 2 fully saturated rings. The van der Waals surface area contributed by atoms with E-state index >= 15 is 0 Å². The molecule has 0 radical (unpaired) electrons. The first-order valence-electron chi connectivity index (χ1n) is 7.64. The number of nitrogens with one attached hydrogen (secondary N) is 1. The SMILES string of the molecule is CNCC(C)S(=O)(=O)N1CCC2(CCCCC2)CC1. The van der Waals surface area contributed by atoms with Crippen molar-refractivity contribution in [2.45, 2.75) is 57.1 Å². The molecule has 1 N–H and O–H groups in total. The van der Waals surface area contributed by atoms with Gasteiger partial charge in [-0.3, -0.25) is 0 Å². The van der Waals surface area contributed by atoms with E-state index in [0.717, 1.165) is 25.9 Å². The largest absolute Gasteiger partial charge is 0.318 e. The van der Waals surface area contributed by atoms with Gasteiger partial charge in [0.2, 0.25) is 10.0 Å². The van der Waals surface area contributed by atoms with Gasteiger partial charge in [0.1, 0.15) is 0 Å². The molecule has 1 heterocycles. The van der Waals surface area contributed by atoms with Crippen molar-refractivity contribution in [3.05, 3.63) is 0 Å². The summed E-state index contributed by atoms with van der Waals surface area (Å²) in [4.78, 5) is 0. The lowest BCUT2D eigenvalue weighted by molar-refractivity contribution is 0.102. The molecular formula is C14H28N2O2S. The van der Waals surface area contributed by atoms with Crippen molar-refractivity contribution in [1.82, 2.24) is 9.62 Å². The van der Waals surface area contributed by atoms with Crippen LogP contribution >= 0.6 is 0 Å². The molecule has 0 aromatic rings. The highest BCUT2D eigenvalue weighted by Gasteiger charge is 2.39. The number of nitrogens with zero attached hydrogens (tertiary/aromatic N) is 1. The zero-order valence-corrected chi connectivity index (χ0v) is 13.1. The van der Waals surface area contributed by atoms with Gasteiger partial charge in [-0.25, -0.2) is 12.7 Å². The van der Waals surface area contributed by atoms with E-state index in [0.29, 0.717) is 12.0 Å². The molecule has 2 aliphatic rings. The van der Waals surface area contributed by atoms with Crippen LogP contribution in [0.15, 0.2) is 0 Å². The molecule has 0 amide bonds. The van der Waals surface area contributed by atoms with Gasteiger partial charge in [0.05, 0.1) is 5.25 Å². The van der Waals surface area contributed by atoms with Gasteiger partial charge in [-0.1, -0.05) is 19.3 Å². The Bertz CT molecular complexity index is 378. The Morgan fingerprint density at radius 1 is 1.11 bits per heavy atom. The van der Waals surface area contributed by atoms with E-state index < -0.39 is 10.0 Å². The fraction of sp³-hybridized carbons (Fsp3) is 1.00. The minimum Gasteiger partial charge on any atom is -0.318 e. The van der Waals surface area contributed by atoms with Gasteiger partial charge < -0.3 is 5.32 Å². The van der Waals surface area contributed by atoms with Gasteiger partial charge in [-0.2, -0.15) is 0 Å². The molecule has 1 saturated carbocycles. The highest BCUT2D eigenvalue weighted by molar-refractivity contribution is 7.89. The monoisotopic (exact) mass is 288 g/mol. The second-order valence-electron chi connectivity index (χ2n) is 6.37. The summed E-state index contributed by atoms with van der Waals surface area (Å²) >= 11 is 0. The normalized spacial score (nSPS) is 26.4. The molecule has 0 bridgehead atoms. The summed E-state index contributed by atoms with van der Waals surface area (Å²) in [6.45, 7) is 3.80. The predicted octanol–water partition coefficient (Wildman–Crippen LogP) is 1.97. The van der Waals surface area contributed by atoms with Crippen LogP contribution in [0.25, 0.3) is 0 Å². The van der Waals surface area contributed by atoms with Crippen molar-refractivity contribution in [3.63, 3.8) is 0 Å². The van der Waals surface area contributed by atoms with Crippen LogP contribution in [-0.2, 0) is 10.0 Å². The first-order valence-corrected chi connectivity index (χ1v) is 9.14. The van der Waals surface area contributed by atoms with Crippen LogP contribution in [0.5, 0.6) is 0 Å². The molecule has 4 nitrogen and oxygen atoms in total. The molecule has 0 aromatic heterocycles. The van der Waals surface area contributed by atoms with Gasteiger partial charge in [0.25, 0.3) is 0 Å². The lowest BCUT2D eigenvalue weighted by atomic mass is 9.68. The van der Waals surface area contributed by atoms with Crippen molar-refractivity contribution < 1.29 is 8.42 Å². The molecule has 1 unspecified atom stereocenters. The van der Waals surface area contributed by atoms with Gasteiger partial charge in [-0.15, -0.1) is 0 Å². The smallest absolute Gasteiger partial charge is 0.217 e. The van der Waals surface area contributed by atoms with Crippen molar-refractivity contribution in [2.24, 2.45) is 5.41 Å². The van der Waals surface area contributed by atoms with Crippen molar-refractivity contribution >= 4 is 10.0 Å². The van der Waals surface area contributed by atoms with Crippen LogP contribution in [-0.4, -0.2) is 44.7 Å². The number of rotatable bonds is 4. The molecule has 1 aliphatic heterocycles. The Labute approximate surface area is 118 Å². The summed E-state index contributed by atoms with van der Waals surface area (Å²) in [6, 6.07) is 0. The fourth-order valence-corrected chi connectivity index (χ4v) is 5.24. The summed E-state index contributed by atoms with van der Waals surface area (Å²) in [6.07, 6.45) is 8.80. The first kappa shape index (κ1) is 15.3. The third-order valence-electron chi connectivity index (χ3n) is 5.06. The minimum atomic E-state index is -3.11. The first-order chi connectivity index (χ1) is 9.00. The second-order valence-corrected chi connectivity index (χ2v) is 8.72. The van der Waals surface area contributed by atoms with E-state index in [1.807, 2.05) is 0 Å². The molecule has 1 spiro atoms. The number of piperidine rings is 1. The van der Waals surface area contributed by atoms with E-state index in [2.05, 4.69) is 5.32 Å². The zero-order valence-electron chi connectivity index (χ0n) is 12.3. The highest BCUT2D eigenvalue weighted by atomic mass is 32.2. The van der Waals surface area contributed by atoms with Crippen LogP contribution in [0.1, 0.15) is 51.9 Å². The van der Waals surface area contributed by atoms with Crippen molar-refractivity contribution in [1.29, 1.82) is 0 Å². The molecule has 1 atom stereocenters. The Morgan fingerprint density at radius 3 is 2.21 bits per heavy atom. The molecule has 2 rings (SSSR count). The topological polar surface area (TPSA) is 49.4 Å². The average molecular weight is 288 g/mol. The van der Waals surface area contributed by atoms with Crippen molar-refractivity contribution in [2.75, 3.05) is 26.7 Å². The highest BCUT2D eigenvalue weighted by Crippen LogP contribution is 2.44. The molecule has 5 heteroatoms. The standard InChI is InChI=1S/C14H28N2O2S/c1-13(12-15-2)19(17,18)16-10-8-14(9-11-16)6-4-3-5-7-14/h13,15H,3-12H2,1-2H3. The van der Waals surface area contributed by atoms with E-state index in [1.54, 1.807) is 18.3 Å². The average Bonchev–Trinajstić information content (AvgIpc) is 2.40. The number of hydrogen-bond donors (Lipinski definition) is 1. The van der Waals surface area contributed by atoms with Gasteiger partial charge >= 0.3 is 0 Å². The lowest BCUT2D eigenvalue weighted by Crippen LogP contribution is -2.48. The molecule has 0 aromatic carbocycles. The summed E-state index contributed by atoms with van der Waals surface area (Å²) in [7, 11) is -1.30. The van der Waals surface area contributed by atoms with E-state index in [4.69, 9.17) is 0 Å². The summed E-state index contributed by atoms with van der Waals surface area (Å²) < 4.78 is 26.6. The summed E-state index contributed by atoms with van der Waals surface area (Å²) in [5.41, 5.74) is 0.469. The zero-order chi connectivity index (χ0) is 13.9. The minimum absolute atomic E-state index is 0.321. The van der Waals surface area contributed by atoms with E-state index in [-0.39, 0.29) is 5.25 Å². The molecule has 1 saturated heterocycles. The van der Waals surface area contributed by atoms with E-state index in [1.165, 1.54) is 32.1 Å². The third-order valence-corrected chi connectivity index (χ3v) is 7.33. The molecule has 112 valence electrons. The number of hydrogen-bond acceptors (Lipinski definition) is 3. The number of sulfonamides is 1. The third kappa shape index (κ3) is 3.31. The molecule has 1 aliphatic carbocycles. The Morgan fingerprint density at radius 2 is 1.68 bits per heavy atom. The van der Waals surface area contributed by atoms with Crippen LogP contribution in [0.4, 0.5) is 0 Å². The predicted molar refractivity (Wildman–Crippen MR) is 78.6 cm³/mol. The fourth-order valence-electron chi connectivity index (χ4n) is 3.66.